The number of fused-ring (bicyclic) bond motifs is 1. The molecule has 2 N–H and O–H groups in total. The lowest BCUT2D eigenvalue weighted by molar-refractivity contribution is -0.187. The van der Waals surface area contributed by atoms with Crippen molar-refractivity contribution in [1.82, 2.24) is 30.5 Å². The second kappa shape index (κ2) is 13.8. The van der Waals surface area contributed by atoms with Crippen molar-refractivity contribution in [3.05, 3.63) is 48.6 Å². The van der Waals surface area contributed by atoms with E-state index in [1.54, 1.807) is 26.9 Å². The molecule has 2 saturated heterocycles. The maximum absolute atomic E-state index is 13.6. The first kappa shape index (κ1) is 29.0. The van der Waals surface area contributed by atoms with E-state index in [-0.39, 0.29) is 37.5 Å². The lowest BCUT2D eigenvalue weighted by Crippen LogP contribution is -2.76. The number of hydrazine groups is 1. The van der Waals surface area contributed by atoms with Gasteiger partial charge in [-0.05, 0) is 30.7 Å². The molecular weight excluding hydrogens is 488 g/mol. The lowest BCUT2D eigenvalue weighted by atomic mass is 10.0. The van der Waals surface area contributed by atoms with Crippen molar-refractivity contribution >= 4 is 23.9 Å². The number of likely N-dealkylation sites (N-methyl/N-ethyl adjacent to an activating group) is 1. The summed E-state index contributed by atoms with van der Waals surface area (Å²) in [5, 5.41) is 8.78. The van der Waals surface area contributed by atoms with Crippen molar-refractivity contribution in [2.24, 2.45) is 5.92 Å². The maximum Gasteiger partial charge on any atom is 0.407 e. The van der Waals surface area contributed by atoms with E-state index in [9.17, 15) is 19.2 Å². The summed E-state index contributed by atoms with van der Waals surface area (Å²) in [5.74, 6) is 0.0643. The Morgan fingerprint density at radius 1 is 1.18 bits per heavy atom. The number of ether oxygens (including phenoxy) is 1. The third-order valence-corrected chi connectivity index (χ3v) is 6.67. The third-order valence-electron chi connectivity index (χ3n) is 6.67. The number of piperazine rings is 1. The predicted molar refractivity (Wildman–Crippen MR) is 142 cm³/mol. The van der Waals surface area contributed by atoms with Crippen molar-refractivity contribution in [3.63, 3.8) is 0 Å². The molecule has 2 atom stereocenters. The average molecular weight is 529 g/mol. The molecule has 0 saturated carbocycles. The number of urea groups is 1. The normalized spacial score (nSPS) is 19.8. The van der Waals surface area contributed by atoms with Gasteiger partial charge in [0.25, 0.3) is 0 Å². The minimum absolute atomic E-state index is 0.0167. The zero-order valence-corrected chi connectivity index (χ0v) is 22.6. The molecule has 1 aromatic carbocycles. The number of carbonyl (C=O) groups is 4. The van der Waals surface area contributed by atoms with Gasteiger partial charge in [0, 0.05) is 26.7 Å². The maximum atomic E-state index is 13.6. The second-order valence-corrected chi connectivity index (χ2v) is 10.0. The van der Waals surface area contributed by atoms with Gasteiger partial charge in [-0.3, -0.25) is 9.59 Å². The first-order chi connectivity index (χ1) is 18.2. The first-order valence-electron chi connectivity index (χ1n) is 13.2. The third kappa shape index (κ3) is 7.47. The Kier molecular flexibility index (Phi) is 10.5. The number of amides is 5. The molecule has 5 amide bonds. The summed E-state index contributed by atoms with van der Waals surface area (Å²) in [5.41, 5.74) is 0.961. The van der Waals surface area contributed by atoms with Gasteiger partial charge in [-0.15, -0.1) is 0 Å². The van der Waals surface area contributed by atoms with Gasteiger partial charge in [0.15, 0.2) is 0 Å². The van der Waals surface area contributed by atoms with Crippen LogP contribution in [0.3, 0.4) is 0 Å². The minimum atomic E-state index is -0.725. The number of nitrogens with zero attached hydrogens (tertiary/aromatic N) is 4. The van der Waals surface area contributed by atoms with Crippen molar-refractivity contribution in [1.29, 1.82) is 0 Å². The van der Waals surface area contributed by atoms with Crippen LogP contribution in [0, 0.1) is 5.92 Å². The van der Waals surface area contributed by atoms with Gasteiger partial charge in [-0.2, -0.15) is 0 Å². The fourth-order valence-electron chi connectivity index (χ4n) is 4.72. The Hall–Kier alpha value is -3.60. The zero-order chi connectivity index (χ0) is 27.7. The molecule has 0 aliphatic carbocycles. The van der Waals surface area contributed by atoms with Crippen molar-refractivity contribution in [2.75, 3.05) is 39.8 Å². The van der Waals surface area contributed by atoms with Gasteiger partial charge in [-0.1, -0.05) is 56.8 Å². The predicted octanol–water partition coefficient (Wildman–Crippen LogP) is 2.16. The van der Waals surface area contributed by atoms with Crippen LogP contribution < -0.4 is 10.6 Å². The molecule has 2 fully saturated rings. The molecule has 0 unspecified atom stereocenters. The highest BCUT2D eigenvalue weighted by Crippen LogP contribution is 2.28. The van der Waals surface area contributed by atoms with Gasteiger partial charge in [0.1, 0.15) is 18.8 Å². The lowest BCUT2D eigenvalue weighted by Gasteiger charge is -2.54. The summed E-state index contributed by atoms with van der Waals surface area (Å²) in [6.45, 7) is 9.20. The molecule has 0 spiro atoms. The van der Waals surface area contributed by atoms with Crippen LogP contribution in [-0.2, 0) is 20.9 Å². The Morgan fingerprint density at radius 3 is 2.61 bits per heavy atom. The summed E-state index contributed by atoms with van der Waals surface area (Å²) in [4.78, 5) is 55.2. The quantitative estimate of drug-likeness (QED) is 0.336. The molecule has 2 aliphatic heterocycles. The molecule has 3 rings (SSSR count). The van der Waals surface area contributed by atoms with E-state index in [1.807, 2.05) is 30.3 Å². The number of hydrogen-bond donors (Lipinski definition) is 2. The Morgan fingerprint density at radius 2 is 1.92 bits per heavy atom. The zero-order valence-electron chi connectivity index (χ0n) is 22.6. The monoisotopic (exact) mass is 528 g/mol. The highest BCUT2D eigenvalue weighted by Gasteiger charge is 2.50. The Balaban J connectivity index is 1.76. The summed E-state index contributed by atoms with van der Waals surface area (Å²) >= 11 is 0. The Bertz CT molecular complexity index is 987. The van der Waals surface area contributed by atoms with Crippen molar-refractivity contribution in [3.8, 4) is 0 Å². The summed E-state index contributed by atoms with van der Waals surface area (Å²) in [7, 11) is 1.71. The fourth-order valence-corrected chi connectivity index (χ4v) is 4.72. The van der Waals surface area contributed by atoms with Crippen LogP contribution in [0.5, 0.6) is 0 Å². The van der Waals surface area contributed by atoms with Crippen molar-refractivity contribution in [2.45, 2.75) is 51.9 Å². The molecule has 2 heterocycles. The van der Waals surface area contributed by atoms with Gasteiger partial charge >= 0.3 is 12.1 Å². The van der Waals surface area contributed by atoms with Crippen LogP contribution in [0.15, 0.2) is 43.0 Å². The largest absolute Gasteiger partial charge is 0.445 e. The van der Waals surface area contributed by atoms with E-state index in [2.05, 4.69) is 31.1 Å². The van der Waals surface area contributed by atoms with Gasteiger partial charge < -0.3 is 25.2 Å². The van der Waals surface area contributed by atoms with Crippen LogP contribution >= 0.6 is 0 Å². The van der Waals surface area contributed by atoms with Gasteiger partial charge in [0.2, 0.25) is 11.8 Å². The SMILES string of the molecule is C=CCOC(=O)NCCC[C@H]1C(=O)N(CCC(C)C)C[C@H]2N1C(=O)CN(C)N2C(=O)NCc1ccccc1. The summed E-state index contributed by atoms with van der Waals surface area (Å²) < 4.78 is 4.92. The van der Waals surface area contributed by atoms with E-state index in [0.717, 1.165) is 12.0 Å². The molecule has 0 aromatic heterocycles. The van der Waals surface area contributed by atoms with Gasteiger partial charge in [0.05, 0.1) is 13.1 Å². The van der Waals surface area contributed by atoms with Crippen LogP contribution in [0.4, 0.5) is 9.59 Å². The molecule has 11 heteroatoms. The molecule has 1 aromatic rings. The number of carbonyl (C=O) groups excluding carboxylic acids is 4. The number of rotatable bonds is 11. The highest BCUT2D eigenvalue weighted by atomic mass is 16.5. The number of nitrogens with one attached hydrogen (secondary N) is 2. The van der Waals surface area contributed by atoms with E-state index in [1.165, 1.54) is 6.08 Å². The molecule has 208 valence electrons. The number of hydrogen-bond acceptors (Lipinski definition) is 6. The molecule has 0 bridgehead atoms. The van der Waals surface area contributed by atoms with Crippen LogP contribution in [0.2, 0.25) is 0 Å². The standard InChI is InChI=1S/C27H40N6O5/c1-5-16-38-27(37)28-14-9-12-22-25(35)31(15-13-20(2)3)18-23-32(22)24(34)19-30(4)33(23)26(36)29-17-21-10-7-6-8-11-21/h5-8,10-11,20,22-23H,1,9,12-19H2,2-4H3,(H,28,37)(H,29,36)/t22-,23-/m0/s1. The van der Waals surface area contributed by atoms with E-state index in [0.29, 0.717) is 38.4 Å². The van der Waals surface area contributed by atoms with E-state index in [4.69, 9.17) is 4.74 Å². The van der Waals surface area contributed by atoms with Gasteiger partial charge in [-0.25, -0.2) is 19.6 Å². The minimum Gasteiger partial charge on any atom is -0.445 e. The fraction of sp³-hybridized carbons (Fsp3) is 0.556. The van der Waals surface area contributed by atoms with Crippen LogP contribution in [-0.4, -0.2) is 95.8 Å². The summed E-state index contributed by atoms with van der Waals surface area (Å²) in [6, 6.07) is 8.54. The van der Waals surface area contributed by atoms with E-state index < -0.39 is 18.3 Å². The highest BCUT2D eigenvalue weighted by molar-refractivity contribution is 5.91. The number of benzene rings is 1. The molecular formula is C27H40N6O5. The smallest absolute Gasteiger partial charge is 0.407 e. The average Bonchev–Trinajstić information content (AvgIpc) is 2.89. The van der Waals surface area contributed by atoms with Crippen molar-refractivity contribution < 1.29 is 23.9 Å². The summed E-state index contributed by atoms with van der Waals surface area (Å²) in [6.07, 6.45) is 1.92. The molecule has 0 radical (unpaired) electrons. The second-order valence-electron chi connectivity index (χ2n) is 10.0. The van der Waals surface area contributed by atoms with E-state index >= 15 is 0 Å². The Labute approximate surface area is 224 Å². The molecule has 38 heavy (non-hydrogen) atoms. The van der Waals surface area contributed by atoms with Crippen LogP contribution in [0.25, 0.3) is 0 Å². The topological polar surface area (TPSA) is 115 Å². The first-order valence-corrected chi connectivity index (χ1v) is 13.2. The molecule has 2 aliphatic rings. The number of alkyl carbamates (subject to hydrolysis) is 1. The van der Waals surface area contributed by atoms with Crippen LogP contribution in [0.1, 0.15) is 38.7 Å². The molecule has 11 nitrogen and oxygen atoms in total.